The topological polar surface area (TPSA) is 84.2 Å². The van der Waals surface area contributed by atoms with Gasteiger partial charge in [0, 0.05) is 55.6 Å². The maximum atomic E-state index is 11.5. The highest BCUT2D eigenvalue weighted by atomic mass is 32.2. The van der Waals surface area contributed by atoms with Crippen molar-refractivity contribution in [1.29, 1.82) is 0 Å². The molecule has 2 fully saturated rings. The number of likely N-dealkylation sites (tertiary alicyclic amines) is 2. The van der Waals surface area contributed by atoms with Gasteiger partial charge in [-0.15, -0.1) is 0 Å². The fourth-order valence-electron chi connectivity index (χ4n) is 3.00. The van der Waals surface area contributed by atoms with E-state index in [1.54, 1.807) is 23.5 Å². The number of aliphatic hydroxyl groups is 3. The molecule has 1 unspecified atom stereocenters. The van der Waals surface area contributed by atoms with Gasteiger partial charge in [-0.05, 0) is 19.3 Å². The van der Waals surface area contributed by atoms with Crippen molar-refractivity contribution in [2.75, 3.05) is 49.2 Å². The van der Waals surface area contributed by atoms with Crippen LogP contribution in [0, 0.1) is 0 Å². The van der Waals surface area contributed by atoms with Crippen molar-refractivity contribution < 1.29 is 20.1 Å². The molecule has 2 aliphatic rings. The van der Waals surface area contributed by atoms with E-state index in [2.05, 4.69) is 4.90 Å². The third kappa shape index (κ3) is 6.72. The minimum absolute atomic E-state index is 0.232. The van der Waals surface area contributed by atoms with E-state index in [9.17, 15) is 20.1 Å². The first-order chi connectivity index (χ1) is 11.6. The van der Waals surface area contributed by atoms with E-state index < -0.39 is 12.2 Å². The molecule has 2 heterocycles. The second-order valence-electron chi connectivity index (χ2n) is 6.43. The number of nitrogens with zero attached hydrogens (tertiary/aromatic N) is 2. The average molecular weight is 379 g/mol. The molecule has 24 heavy (non-hydrogen) atoms. The van der Waals surface area contributed by atoms with Crippen molar-refractivity contribution >= 4 is 29.4 Å². The van der Waals surface area contributed by atoms with Crippen molar-refractivity contribution in [3.8, 4) is 0 Å². The van der Waals surface area contributed by atoms with Gasteiger partial charge < -0.3 is 20.2 Å². The zero-order chi connectivity index (χ0) is 17.4. The largest absolute Gasteiger partial charge is 0.390 e. The lowest BCUT2D eigenvalue weighted by Gasteiger charge is -2.21. The highest BCUT2D eigenvalue weighted by Crippen LogP contribution is 2.17. The maximum Gasteiger partial charge on any atom is 0.222 e. The molecule has 0 aromatic rings. The van der Waals surface area contributed by atoms with E-state index in [1.165, 1.54) is 0 Å². The Hall–Kier alpha value is 0.01000. The van der Waals surface area contributed by atoms with Crippen LogP contribution in [-0.4, -0.2) is 98.7 Å². The van der Waals surface area contributed by atoms with Crippen LogP contribution in [0.2, 0.25) is 0 Å². The predicted octanol–water partition coefficient (Wildman–Crippen LogP) is 0.211. The Morgan fingerprint density at radius 3 is 2.25 bits per heavy atom. The SMILES string of the molecule is O=C1CCCN1CCSC[C@@H](O)[C@@H](O)CSCCN1CCCC1O. The van der Waals surface area contributed by atoms with Gasteiger partial charge in [-0.3, -0.25) is 9.69 Å². The number of amides is 1. The first-order valence-corrected chi connectivity index (χ1v) is 11.1. The molecule has 0 radical (unpaired) electrons. The van der Waals surface area contributed by atoms with Crippen LogP contribution in [0.3, 0.4) is 0 Å². The van der Waals surface area contributed by atoms with Crippen LogP contribution in [-0.2, 0) is 4.79 Å². The van der Waals surface area contributed by atoms with Crippen molar-refractivity contribution in [2.24, 2.45) is 0 Å². The van der Waals surface area contributed by atoms with Gasteiger partial charge in [-0.1, -0.05) is 0 Å². The molecular formula is C16H30N2O4S2. The molecule has 0 bridgehead atoms. The summed E-state index contributed by atoms with van der Waals surface area (Å²) in [7, 11) is 0. The van der Waals surface area contributed by atoms with E-state index in [1.807, 2.05) is 4.90 Å². The van der Waals surface area contributed by atoms with Crippen LogP contribution < -0.4 is 0 Å². The molecule has 0 aromatic carbocycles. The number of thioether (sulfide) groups is 2. The number of carbonyl (C=O) groups is 1. The standard InChI is InChI=1S/C16H30N2O4S2/c19-13(11-23-9-7-17-5-1-3-15(17)21)14(20)12-24-10-8-18-6-2-4-16(18)22/h13-15,19-21H,1-12H2/t13-,14+,15?/m0/s1. The zero-order valence-corrected chi connectivity index (χ0v) is 15.8. The van der Waals surface area contributed by atoms with Crippen molar-refractivity contribution in [3.63, 3.8) is 0 Å². The van der Waals surface area contributed by atoms with E-state index in [4.69, 9.17) is 0 Å². The molecule has 3 N–H and O–H groups in total. The fraction of sp³-hybridized carbons (Fsp3) is 0.938. The van der Waals surface area contributed by atoms with Gasteiger partial charge in [0.15, 0.2) is 0 Å². The van der Waals surface area contributed by atoms with Crippen LogP contribution in [0.25, 0.3) is 0 Å². The summed E-state index contributed by atoms with van der Waals surface area (Å²) >= 11 is 3.20. The van der Waals surface area contributed by atoms with Gasteiger partial charge in [0.05, 0.1) is 12.2 Å². The van der Waals surface area contributed by atoms with E-state index in [0.717, 1.165) is 56.9 Å². The third-order valence-corrected chi connectivity index (χ3v) is 6.65. The van der Waals surface area contributed by atoms with Crippen molar-refractivity contribution in [3.05, 3.63) is 0 Å². The van der Waals surface area contributed by atoms with Gasteiger partial charge in [-0.25, -0.2) is 0 Å². The fourth-order valence-corrected chi connectivity index (χ4v) is 4.97. The Balaban J connectivity index is 1.47. The molecule has 2 saturated heterocycles. The Bertz CT molecular complexity index is 389. The molecule has 0 saturated carbocycles. The molecule has 1 amide bonds. The monoisotopic (exact) mass is 378 g/mol. The quantitative estimate of drug-likeness (QED) is 0.443. The lowest BCUT2D eigenvalue weighted by Crippen LogP contribution is -2.33. The number of hydrogen-bond acceptors (Lipinski definition) is 7. The van der Waals surface area contributed by atoms with Gasteiger partial charge in [0.2, 0.25) is 5.91 Å². The molecule has 140 valence electrons. The summed E-state index contributed by atoms with van der Waals surface area (Å²) in [5.41, 5.74) is 0. The van der Waals surface area contributed by atoms with Crippen LogP contribution in [0.5, 0.6) is 0 Å². The Morgan fingerprint density at radius 1 is 1.04 bits per heavy atom. The van der Waals surface area contributed by atoms with Gasteiger partial charge >= 0.3 is 0 Å². The summed E-state index contributed by atoms with van der Waals surface area (Å²) in [4.78, 5) is 15.4. The maximum absolute atomic E-state index is 11.5. The summed E-state index contributed by atoms with van der Waals surface area (Å²) in [6.45, 7) is 3.36. The molecule has 3 atom stereocenters. The molecule has 2 rings (SSSR count). The molecule has 6 nitrogen and oxygen atoms in total. The molecule has 2 aliphatic heterocycles. The highest BCUT2D eigenvalue weighted by molar-refractivity contribution is 7.99. The second-order valence-corrected chi connectivity index (χ2v) is 8.73. The Kier molecular flexibility index (Phi) is 9.21. The number of carbonyl (C=O) groups excluding carboxylic acids is 1. The van der Waals surface area contributed by atoms with Gasteiger partial charge in [0.25, 0.3) is 0 Å². The van der Waals surface area contributed by atoms with Crippen LogP contribution in [0.1, 0.15) is 25.7 Å². The lowest BCUT2D eigenvalue weighted by atomic mass is 10.3. The van der Waals surface area contributed by atoms with Crippen molar-refractivity contribution in [1.82, 2.24) is 9.80 Å². The van der Waals surface area contributed by atoms with E-state index in [0.29, 0.717) is 17.9 Å². The minimum atomic E-state index is -0.728. The molecule has 0 aromatic heterocycles. The highest BCUT2D eigenvalue weighted by Gasteiger charge is 2.22. The van der Waals surface area contributed by atoms with E-state index >= 15 is 0 Å². The zero-order valence-electron chi connectivity index (χ0n) is 14.2. The molecule has 0 aliphatic carbocycles. The Labute approximate surface area is 153 Å². The summed E-state index contributed by atoms with van der Waals surface area (Å²) in [5, 5.41) is 29.7. The minimum Gasteiger partial charge on any atom is -0.390 e. The van der Waals surface area contributed by atoms with Crippen LogP contribution in [0.4, 0.5) is 0 Å². The summed E-state index contributed by atoms with van der Waals surface area (Å²) in [6, 6.07) is 0. The second kappa shape index (κ2) is 10.9. The number of hydrogen-bond donors (Lipinski definition) is 3. The van der Waals surface area contributed by atoms with Crippen molar-refractivity contribution in [2.45, 2.75) is 44.1 Å². The Morgan fingerprint density at radius 2 is 1.71 bits per heavy atom. The normalized spacial score (nSPS) is 24.7. The smallest absolute Gasteiger partial charge is 0.222 e. The van der Waals surface area contributed by atoms with Crippen LogP contribution >= 0.6 is 23.5 Å². The first kappa shape index (κ1) is 20.3. The van der Waals surface area contributed by atoms with Gasteiger partial charge in [-0.2, -0.15) is 23.5 Å². The van der Waals surface area contributed by atoms with Gasteiger partial charge in [0.1, 0.15) is 6.23 Å². The predicted molar refractivity (Wildman–Crippen MR) is 99.3 cm³/mol. The van der Waals surface area contributed by atoms with E-state index in [-0.39, 0.29) is 12.1 Å². The number of aliphatic hydroxyl groups excluding tert-OH is 3. The summed E-state index contributed by atoms with van der Waals surface area (Å²) < 4.78 is 0. The number of rotatable bonds is 11. The third-order valence-electron chi connectivity index (χ3n) is 4.55. The summed E-state index contributed by atoms with van der Waals surface area (Å²) in [6.07, 6.45) is 1.77. The lowest BCUT2D eigenvalue weighted by molar-refractivity contribution is -0.127. The molecule has 0 spiro atoms. The van der Waals surface area contributed by atoms with Crippen LogP contribution in [0.15, 0.2) is 0 Å². The average Bonchev–Trinajstić information content (AvgIpc) is 3.16. The summed E-state index contributed by atoms with van der Waals surface area (Å²) in [5.74, 6) is 2.89. The first-order valence-electron chi connectivity index (χ1n) is 8.79. The molecular weight excluding hydrogens is 348 g/mol. The molecule has 8 heteroatoms.